The Balaban J connectivity index is 3.33. The predicted octanol–water partition coefficient (Wildman–Crippen LogP) is 3.41. The van der Waals surface area contributed by atoms with Crippen LogP contribution in [0, 0.1) is 0 Å². The largest absolute Gasteiger partial charge is 0.507 e. The molecule has 1 rings (SSSR count). The first-order chi connectivity index (χ1) is 11.1. The van der Waals surface area contributed by atoms with Crippen LogP contribution in [0.3, 0.4) is 0 Å². The maximum atomic E-state index is 11.9. The Morgan fingerprint density at radius 3 is 2.42 bits per heavy atom. The highest BCUT2D eigenvalue weighted by atomic mass is 79.9. The fourth-order valence-electron chi connectivity index (χ4n) is 2.57. The van der Waals surface area contributed by atoms with Crippen molar-refractivity contribution in [2.45, 2.75) is 51.9 Å². The van der Waals surface area contributed by atoms with E-state index in [2.05, 4.69) is 15.9 Å². The van der Waals surface area contributed by atoms with Gasteiger partial charge >= 0.3 is 5.97 Å². The molecule has 134 valence electrons. The summed E-state index contributed by atoms with van der Waals surface area (Å²) in [6.45, 7) is 7.87. The van der Waals surface area contributed by atoms with Crippen molar-refractivity contribution in [1.82, 2.24) is 0 Å². The van der Waals surface area contributed by atoms with Gasteiger partial charge in [0.25, 0.3) is 0 Å². The molecule has 0 unspecified atom stereocenters. The van der Waals surface area contributed by atoms with Gasteiger partial charge in [0, 0.05) is 22.4 Å². The average Bonchev–Trinajstić information content (AvgIpc) is 2.47. The summed E-state index contributed by atoms with van der Waals surface area (Å²) in [5, 5.41) is 10.7. The van der Waals surface area contributed by atoms with Crippen molar-refractivity contribution in [1.29, 1.82) is 0 Å². The van der Waals surface area contributed by atoms with Crippen LogP contribution in [0.15, 0.2) is 16.6 Å². The van der Waals surface area contributed by atoms with Crippen molar-refractivity contribution in [3.05, 3.63) is 27.7 Å². The number of carbonyl (C=O) groups is 2. The summed E-state index contributed by atoms with van der Waals surface area (Å²) in [4.78, 5) is 23.8. The quantitative estimate of drug-likeness (QED) is 0.685. The number of hydrogen-bond acceptors (Lipinski definition) is 5. The molecule has 6 heteroatoms. The molecule has 0 fully saturated rings. The number of aromatic hydroxyl groups is 1. The fraction of sp³-hybridized carbons (Fsp3) is 0.556. The highest BCUT2D eigenvalue weighted by Crippen LogP contribution is 2.41. The van der Waals surface area contributed by atoms with Crippen LogP contribution in [-0.2, 0) is 19.7 Å². The summed E-state index contributed by atoms with van der Waals surface area (Å²) in [6, 6.07) is 3.60. The second-order valence-corrected chi connectivity index (χ2v) is 7.71. The third-order valence-corrected chi connectivity index (χ3v) is 4.23. The summed E-state index contributed by atoms with van der Waals surface area (Å²) >= 11 is 3.45. The van der Waals surface area contributed by atoms with Gasteiger partial charge in [0.1, 0.15) is 11.5 Å². The van der Waals surface area contributed by atoms with E-state index < -0.39 is 11.9 Å². The first-order valence-corrected chi connectivity index (χ1v) is 8.79. The number of Topliss-reactive ketones (excluding diaryl/α,β-unsaturated/α-hetero) is 1. The van der Waals surface area contributed by atoms with Gasteiger partial charge in [-0.25, -0.2) is 0 Å². The number of phenols is 1. The lowest BCUT2D eigenvalue weighted by molar-refractivity contribution is -0.143. The molecule has 0 radical (unpaired) electrons. The van der Waals surface area contributed by atoms with Gasteiger partial charge in [-0.05, 0) is 30.0 Å². The van der Waals surface area contributed by atoms with E-state index in [1.807, 2.05) is 26.8 Å². The Morgan fingerprint density at radius 1 is 1.29 bits per heavy atom. The average molecular weight is 400 g/mol. The van der Waals surface area contributed by atoms with Gasteiger partial charge < -0.3 is 15.6 Å². The van der Waals surface area contributed by atoms with E-state index in [1.165, 1.54) is 0 Å². The zero-order valence-electron chi connectivity index (χ0n) is 14.7. The topological polar surface area (TPSA) is 89.6 Å². The lowest BCUT2D eigenvalue weighted by Crippen LogP contribution is -2.20. The molecule has 1 atom stereocenters. The molecule has 0 aromatic heterocycles. The molecule has 3 N–H and O–H groups in total. The number of benzene rings is 1. The van der Waals surface area contributed by atoms with Gasteiger partial charge in [-0.1, -0.05) is 36.7 Å². The Hall–Kier alpha value is -1.40. The lowest BCUT2D eigenvalue weighted by atomic mass is 9.81. The van der Waals surface area contributed by atoms with Crippen LogP contribution in [0.5, 0.6) is 5.75 Å². The number of carbonyl (C=O) groups excluding carboxylic acids is 2. The van der Waals surface area contributed by atoms with Crippen molar-refractivity contribution in [2.24, 2.45) is 5.73 Å². The minimum Gasteiger partial charge on any atom is -0.507 e. The van der Waals surface area contributed by atoms with Crippen molar-refractivity contribution < 1.29 is 19.4 Å². The number of halogens is 1. The number of rotatable bonds is 7. The smallest absolute Gasteiger partial charge is 0.306 e. The fourth-order valence-corrected chi connectivity index (χ4v) is 3.05. The van der Waals surface area contributed by atoms with Crippen LogP contribution >= 0.6 is 15.9 Å². The van der Waals surface area contributed by atoms with E-state index >= 15 is 0 Å². The van der Waals surface area contributed by atoms with Crippen molar-refractivity contribution in [3.8, 4) is 5.75 Å². The minimum absolute atomic E-state index is 0.0210. The SMILES string of the molecule is CCOC(=O)C[C@H](CC(=O)CN)c1cc(Br)cc(C(C)(C)C)c1O. The van der Waals surface area contributed by atoms with Crippen LogP contribution < -0.4 is 5.73 Å². The molecule has 0 saturated heterocycles. The molecule has 0 aliphatic heterocycles. The molecular weight excluding hydrogens is 374 g/mol. The molecule has 0 amide bonds. The Labute approximate surface area is 151 Å². The molecule has 1 aromatic carbocycles. The number of phenolic OH excluding ortho intramolecular Hbond substituents is 1. The van der Waals surface area contributed by atoms with Crippen molar-refractivity contribution in [3.63, 3.8) is 0 Å². The van der Waals surface area contributed by atoms with Crippen molar-refractivity contribution >= 4 is 27.7 Å². The zero-order valence-corrected chi connectivity index (χ0v) is 16.3. The van der Waals surface area contributed by atoms with E-state index in [-0.39, 0.29) is 42.9 Å². The van der Waals surface area contributed by atoms with Gasteiger partial charge in [0.15, 0.2) is 0 Å². The normalized spacial score (nSPS) is 12.8. The van der Waals surface area contributed by atoms with Crippen LogP contribution in [0.25, 0.3) is 0 Å². The van der Waals surface area contributed by atoms with Crippen LogP contribution in [0.1, 0.15) is 57.6 Å². The van der Waals surface area contributed by atoms with Gasteiger partial charge in [-0.2, -0.15) is 0 Å². The van der Waals surface area contributed by atoms with Crippen molar-refractivity contribution in [2.75, 3.05) is 13.2 Å². The number of ether oxygens (including phenoxy) is 1. The highest BCUT2D eigenvalue weighted by molar-refractivity contribution is 9.10. The lowest BCUT2D eigenvalue weighted by Gasteiger charge is -2.25. The molecule has 0 aliphatic carbocycles. The Kier molecular flexibility index (Phi) is 7.42. The zero-order chi connectivity index (χ0) is 18.5. The third-order valence-electron chi connectivity index (χ3n) is 3.77. The molecule has 0 saturated carbocycles. The van der Waals surface area contributed by atoms with Gasteiger partial charge in [0.2, 0.25) is 0 Å². The third kappa shape index (κ3) is 5.60. The highest BCUT2D eigenvalue weighted by Gasteiger charge is 2.27. The molecule has 5 nitrogen and oxygen atoms in total. The van der Waals surface area contributed by atoms with E-state index in [0.717, 1.165) is 10.0 Å². The van der Waals surface area contributed by atoms with Crippen LogP contribution in [0.4, 0.5) is 0 Å². The predicted molar refractivity (Wildman–Crippen MR) is 97.2 cm³/mol. The number of esters is 1. The second kappa shape index (κ2) is 8.62. The summed E-state index contributed by atoms with van der Waals surface area (Å²) in [6.07, 6.45) is 0.107. The molecule has 0 aliphatic rings. The number of hydrogen-bond donors (Lipinski definition) is 2. The summed E-state index contributed by atoms with van der Waals surface area (Å²) < 4.78 is 5.79. The minimum atomic E-state index is -0.473. The second-order valence-electron chi connectivity index (χ2n) is 6.79. The monoisotopic (exact) mass is 399 g/mol. The Bertz CT molecular complexity index is 608. The van der Waals surface area contributed by atoms with E-state index in [4.69, 9.17) is 10.5 Å². The van der Waals surface area contributed by atoms with E-state index in [1.54, 1.807) is 13.0 Å². The molecule has 0 heterocycles. The van der Waals surface area contributed by atoms with Gasteiger partial charge in [-0.3, -0.25) is 9.59 Å². The van der Waals surface area contributed by atoms with Crippen LogP contribution in [0.2, 0.25) is 0 Å². The number of ketones is 1. The van der Waals surface area contributed by atoms with Gasteiger partial charge in [-0.15, -0.1) is 0 Å². The first-order valence-electron chi connectivity index (χ1n) is 8.00. The molecule has 0 bridgehead atoms. The molecule has 1 aromatic rings. The summed E-state index contributed by atoms with van der Waals surface area (Å²) in [5.74, 6) is -0.923. The maximum absolute atomic E-state index is 11.9. The first kappa shape index (κ1) is 20.6. The molecule has 24 heavy (non-hydrogen) atoms. The molecular formula is C18H26BrNO4. The van der Waals surface area contributed by atoms with E-state index in [9.17, 15) is 14.7 Å². The van der Waals surface area contributed by atoms with Crippen LogP contribution in [-0.4, -0.2) is 30.0 Å². The summed E-state index contributed by atoms with van der Waals surface area (Å²) in [5.41, 5.74) is 6.45. The maximum Gasteiger partial charge on any atom is 0.306 e. The summed E-state index contributed by atoms with van der Waals surface area (Å²) in [7, 11) is 0. The van der Waals surface area contributed by atoms with Gasteiger partial charge in [0.05, 0.1) is 19.6 Å². The number of nitrogens with two attached hydrogens (primary N) is 1. The standard InChI is InChI=1S/C18H26BrNO4/c1-5-24-16(22)7-11(6-13(21)10-20)14-8-12(19)9-15(17(14)23)18(2,3)4/h8-9,11,23H,5-7,10,20H2,1-4H3/t11-/m0/s1. The van der Waals surface area contributed by atoms with E-state index in [0.29, 0.717) is 5.56 Å². The molecule has 0 spiro atoms. The Morgan fingerprint density at radius 2 is 1.92 bits per heavy atom.